The van der Waals surface area contributed by atoms with Gasteiger partial charge in [0.2, 0.25) is 21.8 Å². The van der Waals surface area contributed by atoms with E-state index in [0.717, 1.165) is 19.3 Å². The first-order valence-electron chi connectivity index (χ1n) is 8.26. The van der Waals surface area contributed by atoms with Gasteiger partial charge in [0.15, 0.2) is 0 Å². The van der Waals surface area contributed by atoms with E-state index in [0.29, 0.717) is 26.1 Å². The zero-order valence-electron chi connectivity index (χ0n) is 14.1. The Kier molecular flexibility index (Phi) is 5.67. The molecule has 0 bridgehead atoms. The molecule has 2 unspecified atom stereocenters. The molecule has 23 heavy (non-hydrogen) atoms. The Morgan fingerprint density at radius 1 is 1.13 bits per heavy atom. The smallest absolute Gasteiger partial charge is 0.243 e. The van der Waals surface area contributed by atoms with Crippen molar-refractivity contribution in [3.8, 4) is 0 Å². The molecule has 0 aliphatic carbocycles. The molecule has 0 aromatic carbocycles. The van der Waals surface area contributed by atoms with Gasteiger partial charge in [-0.1, -0.05) is 13.8 Å². The summed E-state index contributed by atoms with van der Waals surface area (Å²) in [7, 11) is -3.23. The first kappa shape index (κ1) is 18.2. The lowest BCUT2D eigenvalue weighted by atomic mass is 10.1. The SMILES string of the molecule is CC(C)C(=O)N1CCCC1C(=O)NC1CCCN(S(C)(=O)=O)C1. The third-order valence-electron chi connectivity index (χ3n) is 4.53. The van der Waals surface area contributed by atoms with Crippen LogP contribution in [0.2, 0.25) is 0 Å². The summed E-state index contributed by atoms with van der Waals surface area (Å²) in [5.41, 5.74) is 0. The topological polar surface area (TPSA) is 86.8 Å². The molecule has 2 fully saturated rings. The van der Waals surface area contributed by atoms with Crippen LogP contribution in [0.1, 0.15) is 39.5 Å². The molecule has 2 heterocycles. The highest BCUT2D eigenvalue weighted by molar-refractivity contribution is 7.88. The van der Waals surface area contributed by atoms with Crippen molar-refractivity contribution in [2.75, 3.05) is 25.9 Å². The van der Waals surface area contributed by atoms with Crippen LogP contribution in [0.4, 0.5) is 0 Å². The number of carbonyl (C=O) groups is 2. The summed E-state index contributed by atoms with van der Waals surface area (Å²) in [4.78, 5) is 26.4. The lowest BCUT2D eigenvalue weighted by Gasteiger charge is -2.33. The number of nitrogens with one attached hydrogen (secondary N) is 1. The van der Waals surface area contributed by atoms with Gasteiger partial charge in [0.25, 0.3) is 0 Å². The van der Waals surface area contributed by atoms with Crippen LogP contribution in [-0.2, 0) is 19.6 Å². The fourth-order valence-electron chi connectivity index (χ4n) is 3.29. The van der Waals surface area contributed by atoms with Crippen molar-refractivity contribution in [2.24, 2.45) is 5.92 Å². The minimum Gasteiger partial charge on any atom is -0.350 e. The molecule has 8 heteroatoms. The molecular formula is C15H27N3O4S. The summed E-state index contributed by atoms with van der Waals surface area (Å²) in [6.45, 7) is 5.11. The summed E-state index contributed by atoms with van der Waals surface area (Å²) in [6, 6.07) is -0.596. The average molecular weight is 345 g/mol. The van der Waals surface area contributed by atoms with Gasteiger partial charge >= 0.3 is 0 Å². The van der Waals surface area contributed by atoms with Crippen molar-refractivity contribution in [1.82, 2.24) is 14.5 Å². The summed E-state index contributed by atoms with van der Waals surface area (Å²) in [5.74, 6) is -0.278. The van der Waals surface area contributed by atoms with Crippen molar-refractivity contribution in [3.63, 3.8) is 0 Å². The molecule has 0 aromatic heterocycles. The van der Waals surface area contributed by atoms with Crippen molar-refractivity contribution < 1.29 is 18.0 Å². The molecule has 2 aliphatic rings. The Morgan fingerprint density at radius 3 is 2.39 bits per heavy atom. The van der Waals surface area contributed by atoms with Gasteiger partial charge in [-0.3, -0.25) is 9.59 Å². The third-order valence-corrected chi connectivity index (χ3v) is 5.80. The summed E-state index contributed by atoms with van der Waals surface area (Å²) in [6.07, 6.45) is 4.20. The van der Waals surface area contributed by atoms with Crippen LogP contribution in [0.15, 0.2) is 0 Å². The van der Waals surface area contributed by atoms with Crippen molar-refractivity contribution in [2.45, 2.75) is 51.6 Å². The number of rotatable bonds is 4. The maximum atomic E-state index is 12.5. The molecule has 0 spiro atoms. The van der Waals surface area contributed by atoms with Gasteiger partial charge < -0.3 is 10.2 Å². The van der Waals surface area contributed by atoms with E-state index >= 15 is 0 Å². The molecule has 2 saturated heterocycles. The van der Waals surface area contributed by atoms with Crippen LogP contribution in [0, 0.1) is 5.92 Å². The Balaban J connectivity index is 1.97. The number of carbonyl (C=O) groups excluding carboxylic acids is 2. The Labute approximate surface area is 138 Å². The van der Waals surface area contributed by atoms with E-state index in [1.807, 2.05) is 13.8 Å². The number of sulfonamides is 1. The number of likely N-dealkylation sites (tertiary alicyclic amines) is 1. The number of amides is 2. The summed E-state index contributed by atoms with van der Waals surface area (Å²) in [5, 5.41) is 2.95. The van der Waals surface area contributed by atoms with Crippen molar-refractivity contribution in [1.29, 1.82) is 0 Å². The highest BCUT2D eigenvalue weighted by Gasteiger charge is 2.36. The third kappa shape index (κ3) is 4.44. The van der Waals surface area contributed by atoms with Crippen LogP contribution in [0.3, 0.4) is 0 Å². The predicted molar refractivity (Wildman–Crippen MR) is 87.2 cm³/mol. The second-order valence-electron chi connectivity index (χ2n) is 6.81. The fourth-order valence-corrected chi connectivity index (χ4v) is 4.21. The normalized spacial score (nSPS) is 26.5. The van der Waals surface area contributed by atoms with Gasteiger partial charge in [-0.25, -0.2) is 12.7 Å². The van der Waals surface area contributed by atoms with E-state index in [4.69, 9.17) is 0 Å². The number of piperidine rings is 1. The van der Waals surface area contributed by atoms with E-state index < -0.39 is 16.1 Å². The predicted octanol–water partition coefficient (Wildman–Crippen LogP) is 0.174. The minimum absolute atomic E-state index is 0.00376. The standard InChI is InChI=1S/C15H27N3O4S/c1-11(2)15(20)18-9-5-7-13(18)14(19)16-12-6-4-8-17(10-12)23(3,21)22/h11-13H,4-10H2,1-3H3,(H,16,19). The van der Waals surface area contributed by atoms with Crippen molar-refractivity contribution in [3.05, 3.63) is 0 Å². The molecule has 0 aromatic rings. The Bertz CT molecular complexity index is 561. The van der Waals surface area contributed by atoms with Gasteiger partial charge in [-0.2, -0.15) is 0 Å². The van der Waals surface area contributed by atoms with Gasteiger partial charge in [0, 0.05) is 31.6 Å². The van der Waals surface area contributed by atoms with E-state index in [-0.39, 0.29) is 23.8 Å². The van der Waals surface area contributed by atoms with Crippen molar-refractivity contribution >= 4 is 21.8 Å². The molecule has 1 N–H and O–H groups in total. The van der Waals surface area contributed by atoms with Gasteiger partial charge in [0.1, 0.15) is 6.04 Å². The monoisotopic (exact) mass is 345 g/mol. The lowest BCUT2D eigenvalue weighted by molar-refractivity contribution is -0.141. The van der Waals surface area contributed by atoms with Crippen LogP contribution in [0.25, 0.3) is 0 Å². The Morgan fingerprint density at radius 2 is 1.78 bits per heavy atom. The molecular weight excluding hydrogens is 318 g/mol. The molecule has 2 aliphatic heterocycles. The summed E-state index contributed by atoms with van der Waals surface area (Å²) >= 11 is 0. The first-order chi connectivity index (χ1) is 10.7. The molecule has 2 amide bonds. The van der Waals surface area contributed by atoms with Crippen LogP contribution >= 0.6 is 0 Å². The average Bonchev–Trinajstić information content (AvgIpc) is 2.95. The first-order valence-corrected chi connectivity index (χ1v) is 10.1. The second kappa shape index (κ2) is 7.17. The Hall–Kier alpha value is -1.15. The maximum Gasteiger partial charge on any atom is 0.243 e. The minimum atomic E-state index is -3.23. The molecule has 0 saturated carbocycles. The largest absolute Gasteiger partial charge is 0.350 e. The molecule has 0 radical (unpaired) electrons. The quantitative estimate of drug-likeness (QED) is 0.787. The zero-order chi connectivity index (χ0) is 17.2. The van der Waals surface area contributed by atoms with E-state index in [1.165, 1.54) is 10.6 Å². The molecule has 2 atom stereocenters. The zero-order valence-corrected chi connectivity index (χ0v) is 14.9. The van der Waals surface area contributed by atoms with Crippen LogP contribution in [-0.4, -0.2) is 67.4 Å². The van der Waals surface area contributed by atoms with Gasteiger partial charge in [0.05, 0.1) is 6.26 Å². The second-order valence-corrected chi connectivity index (χ2v) is 8.80. The van der Waals surface area contributed by atoms with Crippen LogP contribution in [0.5, 0.6) is 0 Å². The van der Waals surface area contributed by atoms with E-state index in [2.05, 4.69) is 5.32 Å². The van der Waals surface area contributed by atoms with Crippen LogP contribution < -0.4 is 5.32 Å². The van der Waals surface area contributed by atoms with Gasteiger partial charge in [-0.05, 0) is 25.7 Å². The lowest BCUT2D eigenvalue weighted by Crippen LogP contribution is -2.54. The number of hydrogen-bond donors (Lipinski definition) is 1. The fraction of sp³-hybridized carbons (Fsp3) is 0.867. The highest BCUT2D eigenvalue weighted by atomic mass is 32.2. The number of nitrogens with zero attached hydrogens (tertiary/aromatic N) is 2. The molecule has 2 rings (SSSR count). The highest BCUT2D eigenvalue weighted by Crippen LogP contribution is 2.21. The van der Waals surface area contributed by atoms with Gasteiger partial charge in [-0.15, -0.1) is 0 Å². The molecule has 132 valence electrons. The van der Waals surface area contributed by atoms with E-state index in [9.17, 15) is 18.0 Å². The summed E-state index contributed by atoms with van der Waals surface area (Å²) < 4.78 is 24.7. The number of hydrogen-bond acceptors (Lipinski definition) is 4. The maximum absolute atomic E-state index is 12.5. The molecule has 7 nitrogen and oxygen atoms in total. The van der Waals surface area contributed by atoms with E-state index in [1.54, 1.807) is 4.90 Å².